The molecule has 7 rings (SSSR count). The normalized spacial score (nSPS) is 17.1. The molecule has 6 aromatic rings. The molecule has 3 heterocycles. The minimum Gasteiger partial charge on any atom is -0.459 e. The van der Waals surface area contributed by atoms with E-state index >= 15 is 0 Å². The van der Waals surface area contributed by atoms with Gasteiger partial charge in [-0.3, -0.25) is 14.2 Å². The molecule has 0 saturated carbocycles. The summed E-state index contributed by atoms with van der Waals surface area (Å²) >= 11 is 0. The smallest absolute Gasteiger partial charge is 0.338 e. The fourth-order valence-corrected chi connectivity index (χ4v) is 6.15. The quantitative estimate of drug-likeness (QED) is 0.127. The maximum atomic E-state index is 13.8. The van der Waals surface area contributed by atoms with Crippen molar-refractivity contribution < 1.29 is 47.7 Å². The number of carbonyl (C=O) groups excluding carboxylic acids is 5. The molecule has 1 N–H and O–H groups in total. The lowest BCUT2D eigenvalue weighted by molar-refractivity contribution is -0.156. The van der Waals surface area contributed by atoms with E-state index in [4.69, 9.17) is 23.7 Å². The van der Waals surface area contributed by atoms with Crippen molar-refractivity contribution in [1.82, 2.24) is 19.5 Å². The van der Waals surface area contributed by atoms with Crippen LogP contribution in [0.1, 0.15) is 54.6 Å². The molecule has 0 unspecified atom stereocenters. The second-order valence-electron chi connectivity index (χ2n) is 12.6. The van der Waals surface area contributed by atoms with Crippen LogP contribution in [0.4, 0.5) is 5.82 Å². The van der Waals surface area contributed by atoms with Crippen LogP contribution >= 0.6 is 0 Å². The average molecular weight is 756 g/mol. The lowest BCUT2D eigenvalue weighted by Gasteiger charge is -2.33. The van der Waals surface area contributed by atoms with Gasteiger partial charge in [-0.1, -0.05) is 72.8 Å². The second-order valence-corrected chi connectivity index (χ2v) is 12.6. The number of amides is 1. The molecule has 1 fully saturated rings. The van der Waals surface area contributed by atoms with Gasteiger partial charge in [0.25, 0.3) is 5.91 Å². The van der Waals surface area contributed by atoms with E-state index in [0.29, 0.717) is 5.56 Å². The van der Waals surface area contributed by atoms with Crippen molar-refractivity contribution in [2.45, 2.75) is 31.0 Å². The van der Waals surface area contributed by atoms with Gasteiger partial charge in [-0.15, -0.1) is 0 Å². The summed E-state index contributed by atoms with van der Waals surface area (Å²) in [6, 6.07) is 32.7. The molecule has 1 aliphatic rings. The lowest BCUT2D eigenvalue weighted by atomic mass is 9.96. The van der Waals surface area contributed by atoms with Crippen LogP contribution in [-0.2, 0) is 28.5 Å². The predicted octanol–water partition coefficient (Wildman–Crippen LogP) is 5.22. The van der Waals surface area contributed by atoms with Gasteiger partial charge in [0.2, 0.25) is 0 Å². The number of benzene rings is 4. The molecular weight excluding hydrogens is 722 g/mol. The third kappa shape index (κ3) is 7.97. The molecule has 15 nitrogen and oxygen atoms in total. The molecular formula is C41H33N5O10. The minimum atomic E-state index is -2.00. The second kappa shape index (κ2) is 16.4. The third-order valence-corrected chi connectivity index (χ3v) is 8.81. The molecule has 1 saturated heterocycles. The highest BCUT2D eigenvalue weighted by Crippen LogP contribution is 2.43. The number of imidazole rings is 1. The Labute approximate surface area is 319 Å². The van der Waals surface area contributed by atoms with Crippen LogP contribution in [0.15, 0.2) is 134 Å². The molecule has 4 aromatic carbocycles. The van der Waals surface area contributed by atoms with E-state index in [0.717, 1.165) is 6.92 Å². The van der Waals surface area contributed by atoms with Crippen LogP contribution in [0.5, 0.6) is 0 Å². The van der Waals surface area contributed by atoms with E-state index < -0.39 is 67.0 Å². The van der Waals surface area contributed by atoms with Crippen molar-refractivity contribution in [3.05, 3.63) is 156 Å². The van der Waals surface area contributed by atoms with Gasteiger partial charge in [0.15, 0.2) is 41.0 Å². The molecule has 0 aliphatic carbocycles. The first-order valence-corrected chi connectivity index (χ1v) is 17.3. The average Bonchev–Trinajstić information content (AvgIpc) is 3.79. The summed E-state index contributed by atoms with van der Waals surface area (Å²) in [4.78, 5) is 79.5. The van der Waals surface area contributed by atoms with Crippen LogP contribution in [0.2, 0.25) is 0 Å². The Balaban J connectivity index is 1.31. The number of hydrogen-bond acceptors (Lipinski definition) is 13. The summed E-state index contributed by atoms with van der Waals surface area (Å²) in [5.41, 5.74) is -0.812. The molecule has 0 spiro atoms. The molecule has 0 radical (unpaired) electrons. The molecule has 282 valence electrons. The number of carbonyl (C=O) groups is 5. The first kappa shape index (κ1) is 37.1. The van der Waals surface area contributed by atoms with E-state index in [2.05, 4.69) is 20.3 Å². The number of esters is 4. The summed E-state index contributed by atoms with van der Waals surface area (Å²) in [6.45, 7) is -0.142. The van der Waals surface area contributed by atoms with Gasteiger partial charge in [-0.2, -0.15) is 0 Å². The Bertz CT molecular complexity index is 2300. The highest BCUT2D eigenvalue weighted by atomic mass is 16.7. The maximum absolute atomic E-state index is 13.8. The summed E-state index contributed by atoms with van der Waals surface area (Å²) in [7, 11) is 0. The molecule has 1 aliphatic heterocycles. The zero-order valence-corrected chi connectivity index (χ0v) is 29.7. The summed E-state index contributed by atoms with van der Waals surface area (Å²) in [6.07, 6.45) is -1.93. The largest absolute Gasteiger partial charge is 0.459 e. The molecule has 0 bridgehead atoms. The molecule has 56 heavy (non-hydrogen) atoms. The number of rotatable bonds is 12. The Hall–Kier alpha value is -7.26. The van der Waals surface area contributed by atoms with Crippen molar-refractivity contribution in [2.75, 3.05) is 18.5 Å². The molecule has 3 atom stereocenters. The van der Waals surface area contributed by atoms with E-state index in [9.17, 15) is 24.0 Å². The van der Waals surface area contributed by atoms with Gasteiger partial charge < -0.3 is 29.0 Å². The number of aromatic nitrogens is 4. The molecule has 1 amide bonds. The van der Waals surface area contributed by atoms with Crippen LogP contribution < -0.4 is 5.32 Å². The minimum absolute atomic E-state index is 0.0662. The predicted molar refractivity (Wildman–Crippen MR) is 197 cm³/mol. The van der Waals surface area contributed by atoms with Gasteiger partial charge in [-0.05, 0) is 48.5 Å². The first-order valence-electron chi connectivity index (χ1n) is 17.3. The van der Waals surface area contributed by atoms with Crippen molar-refractivity contribution in [3.63, 3.8) is 0 Å². The fourth-order valence-electron chi connectivity index (χ4n) is 6.15. The Morgan fingerprint density at radius 1 is 0.661 bits per heavy atom. The molecule has 2 aromatic heterocycles. The zero-order chi connectivity index (χ0) is 39.1. The van der Waals surface area contributed by atoms with Crippen LogP contribution in [0.3, 0.4) is 0 Å². The lowest BCUT2D eigenvalue weighted by Crippen LogP contribution is -2.54. The van der Waals surface area contributed by atoms with E-state index in [1.54, 1.807) is 109 Å². The number of hydrogen-bond donors (Lipinski definition) is 1. The van der Waals surface area contributed by atoms with E-state index in [-0.39, 0.29) is 33.7 Å². The number of anilines is 1. The Morgan fingerprint density at radius 3 is 1.68 bits per heavy atom. The monoisotopic (exact) mass is 755 g/mol. The highest BCUT2D eigenvalue weighted by molar-refractivity contribution is 6.06. The van der Waals surface area contributed by atoms with Gasteiger partial charge in [0, 0.05) is 12.5 Å². The van der Waals surface area contributed by atoms with Gasteiger partial charge >= 0.3 is 23.9 Å². The van der Waals surface area contributed by atoms with E-state index in [1.165, 1.54) is 29.4 Å². The van der Waals surface area contributed by atoms with Crippen LogP contribution in [-0.4, -0.2) is 80.3 Å². The number of nitrogens with zero attached hydrogens (tertiary/aromatic N) is 4. The first-order chi connectivity index (χ1) is 27.2. The number of ether oxygens (including phenoxy) is 5. The van der Waals surface area contributed by atoms with Crippen molar-refractivity contribution in [3.8, 4) is 0 Å². The Morgan fingerprint density at radius 2 is 1.16 bits per heavy atom. The maximum Gasteiger partial charge on any atom is 0.338 e. The highest BCUT2D eigenvalue weighted by Gasteiger charge is 2.62. The zero-order valence-electron chi connectivity index (χ0n) is 29.7. The topological polar surface area (TPSA) is 187 Å². The number of nitrogens with one attached hydrogen (secondary N) is 1. The summed E-state index contributed by atoms with van der Waals surface area (Å²) in [5.74, 6) is -3.53. The molecule has 15 heteroatoms. The van der Waals surface area contributed by atoms with Gasteiger partial charge in [0.05, 0.1) is 23.0 Å². The summed E-state index contributed by atoms with van der Waals surface area (Å²) in [5, 5.41) is 2.74. The number of fused-ring (bicyclic) bond motifs is 1. The van der Waals surface area contributed by atoms with Crippen LogP contribution in [0, 0.1) is 0 Å². The Kier molecular flexibility index (Phi) is 10.9. The van der Waals surface area contributed by atoms with Gasteiger partial charge in [-0.25, -0.2) is 29.3 Å². The third-order valence-electron chi connectivity index (χ3n) is 8.81. The SMILES string of the molecule is CC(=O)O[C@@H]1[C@H](n2cnc3c(NC(=O)c4ccccc4)ncnc32)OC(COC(=O)c2ccccc2)(COC(=O)c2ccccc2)[C@@H]1OC(=O)c1ccccc1. The van der Waals surface area contributed by atoms with Gasteiger partial charge in [0.1, 0.15) is 19.5 Å². The van der Waals surface area contributed by atoms with Crippen LogP contribution in [0.25, 0.3) is 11.2 Å². The van der Waals surface area contributed by atoms with Crippen molar-refractivity contribution in [1.29, 1.82) is 0 Å². The van der Waals surface area contributed by atoms with E-state index in [1.807, 2.05) is 0 Å². The van der Waals surface area contributed by atoms with Crippen molar-refractivity contribution >= 4 is 46.8 Å². The standard InChI is InChI=1S/C41H33N5O10/c1-26(47)54-32-33(55-40(51)30-20-12-5-13-21-30)41(22-52-38(49)28-16-8-3-9-17-28,23-53-39(50)29-18-10-4-11-19-29)56-37(32)46-25-44-31-34(42-24-43-35(31)46)45-36(48)27-14-6-2-7-15-27/h2-21,24-25,32-33,37H,22-23H2,1H3,(H,42,43,45,48)/t32-,33+,37+/m0/s1. The fraction of sp³-hybridized carbons (Fsp3) is 0.171. The summed E-state index contributed by atoms with van der Waals surface area (Å²) < 4.78 is 31.7. The van der Waals surface area contributed by atoms with Crippen molar-refractivity contribution in [2.24, 2.45) is 0 Å².